The van der Waals surface area contributed by atoms with Gasteiger partial charge in [-0.3, -0.25) is 9.59 Å². The highest BCUT2D eigenvalue weighted by Gasteiger charge is 2.35. The number of ether oxygens (including phenoxy) is 1. The van der Waals surface area contributed by atoms with E-state index in [1.165, 1.54) is 0 Å². The number of hydrogen-bond acceptors (Lipinski definition) is 7. The molecule has 0 saturated carbocycles. The number of carbonyl (C=O) groups excluding carboxylic acids is 4. The average molecular weight is 482 g/mol. The van der Waals surface area contributed by atoms with Crippen molar-refractivity contribution in [1.82, 2.24) is 10.4 Å². The molecule has 1 fully saturated rings. The number of hydroxylamine groups is 2. The molecule has 2 aromatic carbocycles. The summed E-state index contributed by atoms with van der Waals surface area (Å²) in [6.07, 6.45) is 0.321. The molecule has 3 amide bonds. The highest BCUT2D eigenvalue weighted by molar-refractivity contribution is 6.02. The molecule has 1 aliphatic heterocycles. The van der Waals surface area contributed by atoms with Crippen LogP contribution in [0.5, 0.6) is 0 Å². The van der Waals surface area contributed by atoms with Gasteiger partial charge in [0.25, 0.3) is 11.8 Å². The molecular formula is C26H31N3O6. The van der Waals surface area contributed by atoms with Crippen molar-refractivity contribution in [3.05, 3.63) is 65.7 Å². The van der Waals surface area contributed by atoms with Gasteiger partial charge >= 0.3 is 12.1 Å². The third kappa shape index (κ3) is 7.56. The van der Waals surface area contributed by atoms with Gasteiger partial charge in [0.1, 0.15) is 11.5 Å². The van der Waals surface area contributed by atoms with E-state index in [1.54, 1.807) is 24.3 Å². The molecule has 1 atom stereocenters. The first kappa shape index (κ1) is 25.7. The maximum absolute atomic E-state index is 13.0. The third-order valence-electron chi connectivity index (χ3n) is 5.15. The summed E-state index contributed by atoms with van der Waals surface area (Å²) in [5, 5.41) is 6.55. The summed E-state index contributed by atoms with van der Waals surface area (Å²) in [5.74, 6) is -2.54. The molecule has 0 radical (unpaired) electrons. The van der Waals surface area contributed by atoms with Crippen molar-refractivity contribution in [2.24, 2.45) is 0 Å². The van der Waals surface area contributed by atoms with Crippen LogP contribution in [0.25, 0.3) is 0 Å². The summed E-state index contributed by atoms with van der Waals surface area (Å²) >= 11 is 0. The minimum atomic E-state index is -0.801. The first-order chi connectivity index (χ1) is 16.6. The van der Waals surface area contributed by atoms with E-state index < -0.39 is 35.4 Å². The molecule has 9 heteroatoms. The molecule has 0 aliphatic carbocycles. The maximum atomic E-state index is 13.0. The predicted octanol–water partition coefficient (Wildman–Crippen LogP) is 3.75. The highest BCUT2D eigenvalue weighted by atomic mass is 16.7. The Morgan fingerprint density at radius 1 is 0.914 bits per heavy atom. The lowest BCUT2D eigenvalue weighted by molar-refractivity contribution is -0.198. The van der Waals surface area contributed by atoms with Crippen LogP contribution in [-0.4, -0.2) is 47.6 Å². The largest absolute Gasteiger partial charge is 0.444 e. The fraction of sp³-hybridized carbons (Fsp3) is 0.385. The smallest absolute Gasteiger partial charge is 0.407 e. The molecule has 186 valence electrons. The molecule has 0 aromatic heterocycles. The second kappa shape index (κ2) is 11.5. The predicted molar refractivity (Wildman–Crippen MR) is 129 cm³/mol. The van der Waals surface area contributed by atoms with Crippen molar-refractivity contribution in [3.63, 3.8) is 0 Å². The van der Waals surface area contributed by atoms with E-state index in [0.29, 0.717) is 35.7 Å². The van der Waals surface area contributed by atoms with Gasteiger partial charge in [0.05, 0.1) is 0 Å². The molecule has 1 unspecified atom stereocenters. The molecule has 2 N–H and O–H groups in total. The van der Waals surface area contributed by atoms with Gasteiger partial charge in [-0.2, -0.15) is 0 Å². The van der Waals surface area contributed by atoms with Crippen molar-refractivity contribution in [2.75, 3.05) is 18.4 Å². The van der Waals surface area contributed by atoms with Crippen LogP contribution >= 0.6 is 0 Å². The van der Waals surface area contributed by atoms with Gasteiger partial charge in [-0.1, -0.05) is 42.5 Å². The van der Waals surface area contributed by atoms with Gasteiger partial charge in [-0.05, 0) is 50.5 Å². The van der Waals surface area contributed by atoms with Crippen LogP contribution in [0, 0.1) is 0 Å². The number of nitrogens with one attached hydrogen (secondary N) is 2. The van der Waals surface area contributed by atoms with Crippen molar-refractivity contribution in [1.29, 1.82) is 0 Å². The normalized spacial score (nSPS) is 14.4. The van der Waals surface area contributed by atoms with Gasteiger partial charge in [0.2, 0.25) is 0 Å². The van der Waals surface area contributed by atoms with Crippen LogP contribution in [0.1, 0.15) is 57.1 Å². The molecule has 0 bridgehead atoms. The molecule has 35 heavy (non-hydrogen) atoms. The lowest BCUT2D eigenvalue weighted by Gasteiger charge is -2.20. The van der Waals surface area contributed by atoms with E-state index in [9.17, 15) is 19.2 Å². The number of rotatable bonds is 9. The Balaban J connectivity index is 1.59. The molecular weight excluding hydrogens is 450 g/mol. The molecule has 3 rings (SSSR count). The maximum Gasteiger partial charge on any atom is 0.407 e. The second-order valence-electron chi connectivity index (χ2n) is 9.17. The fourth-order valence-corrected chi connectivity index (χ4v) is 3.53. The minimum Gasteiger partial charge on any atom is -0.444 e. The van der Waals surface area contributed by atoms with E-state index in [2.05, 4.69) is 10.6 Å². The fourth-order valence-electron chi connectivity index (χ4n) is 3.53. The molecule has 1 saturated heterocycles. The SMILES string of the molecule is CC(C)(C)OC(=O)NCCCNc1ccc(C(C(=O)ON2C(=O)CCC2=O)c2ccccc2)cc1. The van der Waals surface area contributed by atoms with E-state index >= 15 is 0 Å². The zero-order valence-electron chi connectivity index (χ0n) is 20.2. The van der Waals surface area contributed by atoms with E-state index in [0.717, 1.165) is 5.69 Å². The Kier molecular flexibility index (Phi) is 8.46. The zero-order chi connectivity index (χ0) is 25.4. The number of imide groups is 1. The first-order valence-corrected chi connectivity index (χ1v) is 11.6. The first-order valence-electron chi connectivity index (χ1n) is 11.6. The Hall–Kier alpha value is -3.88. The Morgan fingerprint density at radius 3 is 2.11 bits per heavy atom. The van der Waals surface area contributed by atoms with Crippen LogP contribution in [-0.2, 0) is 24.0 Å². The van der Waals surface area contributed by atoms with Gasteiger partial charge < -0.3 is 20.2 Å². The molecule has 1 aliphatic rings. The number of hydrogen-bond donors (Lipinski definition) is 2. The molecule has 2 aromatic rings. The van der Waals surface area contributed by atoms with Gasteiger partial charge in [0, 0.05) is 31.6 Å². The van der Waals surface area contributed by atoms with Crippen LogP contribution in [0.15, 0.2) is 54.6 Å². The van der Waals surface area contributed by atoms with Crippen LogP contribution in [0.3, 0.4) is 0 Å². The van der Waals surface area contributed by atoms with Crippen LogP contribution < -0.4 is 10.6 Å². The topological polar surface area (TPSA) is 114 Å². The Labute approximate surface area is 204 Å². The summed E-state index contributed by atoms with van der Waals surface area (Å²) in [7, 11) is 0. The second-order valence-corrected chi connectivity index (χ2v) is 9.17. The van der Waals surface area contributed by atoms with Crippen molar-refractivity contribution in [2.45, 2.75) is 51.6 Å². The summed E-state index contributed by atoms with van der Waals surface area (Å²) in [6, 6.07) is 16.3. The standard InChI is InChI=1S/C26H31N3O6/c1-26(2,3)34-25(33)28-17-7-16-27-20-12-10-19(11-13-20)23(18-8-5-4-6-9-18)24(32)35-29-21(30)14-15-22(29)31/h4-6,8-13,23,27H,7,14-17H2,1-3H3,(H,28,33). The number of alkyl carbamates (subject to hydrolysis) is 1. The van der Waals surface area contributed by atoms with Gasteiger partial charge in [-0.25, -0.2) is 9.59 Å². The Bertz CT molecular complexity index is 1030. The van der Waals surface area contributed by atoms with Gasteiger partial charge in [-0.15, -0.1) is 5.06 Å². The minimum absolute atomic E-state index is 0.0375. The number of amides is 3. The van der Waals surface area contributed by atoms with E-state index in [4.69, 9.17) is 9.57 Å². The lowest BCUT2D eigenvalue weighted by Crippen LogP contribution is -2.34. The quantitative estimate of drug-likeness (QED) is 0.414. The van der Waals surface area contributed by atoms with Crippen LogP contribution in [0.4, 0.5) is 10.5 Å². The molecule has 0 spiro atoms. The van der Waals surface area contributed by atoms with E-state index in [-0.39, 0.29) is 12.8 Å². The summed E-state index contributed by atoms with van der Waals surface area (Å²) in [6.45, 7) is 6.52. The van der Waals surface area contributed by atoms with E-state index in [1.807, 2.05) is 51.1 Å². The lowest BCUT2D eigenvalue weighted by atomic mass is 9.91. The molecule has 1 heterocycles. The zero-order valence-corrected chi connectivity index (χ0v) is 20.2. The number of benzene rings is 2. The molecule has 9 nitrogen and oxygen atoms in total. The van der Waals surface area contributed by atoms with Gasteiger partial charge in [0.15, 0.2) is 0 Å². The Morgan fingerprint density at radius 2 is 1.51 bits per heavy atom. The van der Waals surface area contributed by atoms with Crippen molar-refractivity contribution in [3.8, 4) is 0 Å². The average Bonchev–Trinajstić information content (AvgIpc) is 3.11. The number of nitrogens with zero attached hydrogens (tertiary/aromatic N) is 1. The monoisotopic (exact) mass is 481 g/mol. The van der Waals surface area contributed by atoms with Crippen LogP contribution in [0.2, 0.25) is 0 Å². The number of anilines is 1. The number of carbonyl (C=O) groups is 4. The van der Waals surface area contributed by atoms with Crippen molar-refractivity contribution < 1.29 is 28.8 Å². The third-order valence-corrected chi connectivity index (χ3v) is 5.15. The van der Waals surface area contributed by atoms with Crippen molar-refractivity contribution >= 4 is 29.6 Å². The highest BCUT2D eigenvalue weighted by Crippen LogP contribution is 2.28. The summed E-state index contributed by atoms with van der Waals surface area (Å²) < 4.78 is 5.20. The summed E-state index contributed by atoms with van der Waals surface area (Å²) in [5.41, 5.74) is 1.66. The summed E-state index contributed by atoms with van der Waals surface area (Å²) in [4.78, 5) is 53.7.